The third-order valence-corrected chi connectivity index (χ3v) is 3.89. The second-order valence-electron chi connectivity index (χ2n) is 6.10. The van der Waals surface area contributed by atoms with Gasteiger partial charge in [-0.3, -0.25) is 0 Å². The Morgan fingerprint density at radius 1 is 1.32 bits per heavy atom. The van der Waals surface area contributed by atoms with E-state index in [1.54, 1.807) is 18.3 Å². The highest BCUT2D eigenvalue weighted by Gasteiger charge is 2.53. The summed E-state index contributed by atoms with van der Waals surface area (Å²) in [5, 5.41) is 0. The molecule has 22 heavy (non-hydrogen) atoms. The summed E-state index contributed by atoms with van der Waals surface area (Å²) in [6, 6.07) is 3.45. The molecule has 0 aromatic carbocycles. The van der Waals surface area contributed by atoms with Gasteiger partial charge in [-0.05, 0) is 51.3 Å². The fraction of sp³-hybridized carbons (Fsp3) is 0.438. The van der Waals surface area contributed by atoms with Gasteiger partial charge >= 0.3 is 7.12 Å². The Morgan fingerprint density at radius 2 is 1.95 bits per heavy atom. The fourth-order valence-corrected chi connectivity index (χ4v) is 1.89. The Hall–Kier alpha value is -1.68. The molecule has 0 unspecified atom stereocenters. The third kappa shape index (κ3) is 3.56. The largest absolute Gasteiger partial charge is 0.525 e. The maximum atomic E-state index is 14.3. The number of hydrogen-bond donors (Lipinski definition) is 1. The zero-order chi connectivity index (χ0) is 16.4. The van der Waals surface area contributed by atoms with Crippen LogP contribution in [0.1, 0.15) is 39.0 Å². The summed E-state index contributed by atoms with van der Waals surface area (Å²) >= 11 is 0. The zero-order valence-electron chi connectivity index (χ0n) is 13.3. The second-order valence-corrected chi connectivity index (χ2v) is 6.10. The van der Waals surface area contributed by atoms with Crippen LogP contribution in [-0.4, -0.2) is 29.8 Å². The molecule has 2 N–H and O–H groups in total. The minimum absolute atomic E-state index is 0.278. The van der Waals surface area contributed by atoms with Crippen LogP contribution in [0.25, 0.3) is 6.08 Å². The molecule has 2 rings (SSSR count). The van der Waals surface area contributed by atoms with Crippen LogP contribution in [0.3, 0.4) is 0 Å². The Kier molecular flexibility index (Phi) is 4.71. The minimum atomic E-state index is -0.998. The average molecular weight is 302 g/mol. The number of rotatable bonds is 2. The van der Waals surface area contributed by atoms with E-state index in [0.29, 0.717) is 11.3 Å². The van der Waals surface area contributed by atoms with Gasteiger partial charge in [0.05, 0.1) is 17.7 Å². The van der Waals surface area contributed by atoms with E-state index in [9.17, 15) is 4.39 Å². The van der Waals surface area contributed by atoms with Gasteiger partial charge in [0, 0.05) is 6.20 Å². The van der Waals surface area contributed by atoms with Crippen LogP contribution in [0.2, 0.25) is 0 Å². The first-order valence-electron chi connectivity index (χ1n) is 7.13. The number of halogens is 1. The van der Waals surface area contributed by atoms with E-state index in [-0.39, 0.29) is 6.54 Å². The molecule has 1 fully saturated rings. The van der Waals surface area contributed by atoms with Crippen molar-refractivity contribution in [2.45, 2.75) is 38.9 Å². The van der Waals surface area contributed by atoms with Crippen molar-refractivity contribution < 1.29 is 13.7 Å². The van der Waals surface area contributed by atoms with E-state index < -0.39 is 24.0 Å². The summed E-state index contributed by atoms with van der Waals surface area (Å²) in [4.78, 5) is 4.13. The molecule has 0 radical (unpaired) electrons. The summed E-state index contributed by atoms with van der Waals surface area (Å²) in [6.45, 7) is 7.80. The third-order valence-electron chi connectivity index (χ3n) is 3.89. The Morgan fingerprint density at radius 3 is 2.45 bits per heavy atom. The van der Waals surface area contributed by atoms with Gasteiger partial charge in [-0.25, -0.2) is 9.37 Å². The van der Waals surface area contributed by atoms with Crippen LogP contribution >= 0.6 is 0 Å². The molecule has 1 aliphatic rings. The highest BCUT2D eigenvalue weighted by Crippen LogP contribution is 2.38. The van der Waals surface area contributed by atoms with E-state index in [2.05, 4.69) is 16.8 Å². The smallest absolute Gasteiger partial charge is 0.398 e. The summed E-state index contributed by atoms with van der Waals surface area (Å²) in [7, 11) is -0.998. The first kappa shape index (κ1) is 16.7. The Labute approximate surface area is 131 Å². The van der Waals surface area contributed by atoms with Crippen LogP contribution in [0.5, 0.6) is 0 Å². The topological polar surface area (TPSA) is 57.4 Å². The van der Waals surface area contributed by atoms with E-state index in [1.165, 1.54) is 6.08 Å². The van der Waals surface area contributed by atoms with E-state index in [4.69, 9.17) is 15.0 Å². The molecular weight excluding hydrogens is 282 g/mol. The number of aromatic nitrogens is 1. The van der Waals surface area contributed by atoms with Gasteiger partial charge in [-0.1, -0.05) is 12.0 Å². The SMILES string of the molecule is CC1(C)OB(C(F)=Cc2ccc(C#CCN)nc2)OC1(C)C. The van der Waals surface area contributed by atoms with Gasteiger partial charge in [0.2, 0.25) is 0 Å². The average Bonchev–Trinajstić information content (AvgIpc) is 2.67. The van der Waals surface area contributed by atoms with Gasteiger partial charge in [0.15, 0.2) is 0 Å². The number of nitrogens with zero attached hydrogens (tertiary/aromatic N) is 1. The van der Waals surface area contributed by atoms with Crippen molar-refractivity contribution in [2.75, 3.05) is 6.54 Å². The van der Waals surface area contributed by atoms with Crippen LogP contribution in [-0.2, 0) is 9.31 Å². The van der Waals surface area contributed by atoms with E-state index >= 15 is 0 Å². The number of pyridine rings is 1. The molecule has 1 saturated heterocycles. The Balaban J connectivity index is 2.13. The molecule has 0 aliphatic carbocycles. The van der Waals surface area contributed by atoms with Gasteiger partial charge in [-0.15, -0.1) is 0 Å². The summed E-state index contributed by atoms with van der Waals surface area (Å²) in [5.74, 6) is 5.52. The van der Waals surface area contributed by atoms with Gasteiger partial charge in [-0.2, -0.15) is 0 Å². The van der Waals surface area contributed by atoms with Gasteiger partial charge in [0.25, 0.3) is 0 Å². The fourth-order valence-electron chi connectivity index (χ4n) is 1.89. The number of nitrogens with two attached hydrogens (primary N) is 1. The second kappa shape index (κ2) is 6.21. The molecule has 0 amide bonds. The first-order chi connectivity index (χ1) is 10.2. The maximum Gasteiger partial charge on any atom is 0.525 e. The van der Waals surface area contributed by atoms with Crippen molar-refractivity contribution in [3.8, 4) is 11.8 Å². The predicted molar refractivity (Wildman–Crippen MR) is 85.3 cm³/mol. The standard InChI is InChI=1S/C16H20BFN2O2/c1-15(2)16(3,4)22-17(21-15)14(18)10-12-7-8-13(20-11-12)6-5-9-19/h7-8,10-11H,9,19H2,1-4H3. The molecule has 116 valence electrons. The summed E-state index contributed by atoms with van der Waals surface area (Å²) in [6.07, 6.45) is 2.90. The minimum Gasteiger partial charge on any atom is -0.398 e. The van der Waals surface area contributed by atoms with Gasteiger partial charge in [0.1, 0.15) is 11.4 Å². The van der Waals surface area contributed by atoms with E-state index in [1.807, 2.05) is 27.7 Å². The highest BCUT2D eigenvalue weighted by molar-refractivity contribution is 6.54. The van der Waals surface area contributed by atoms with Crippen molar-refractivity contribution in [3.63, 3.8) is 0 Å². The Bertz CT molecular complexity index is 614. The van der Waals surface area contributed by atoms with Crippen molar-refractivity contribution in [3.05, 3.63) is 35.3 Å². The molecule has 4 nitrogen and oxygen atoms in total. The molecule has 6 heteroatoms. The van der Waals surface area contributed by atoms with Crippen molar-refractivity contribution >= 4 is 13.2 Å². The molecule has 2 heterocycles. The quantitative estimate of drug-likeness (QED) is 0.673. The molecule has 1 aliphatic heterocycles. The lowest BCUT2D eigenvalue weighted by Gasteiger charge is -2.32. The summed E-state index contributed by atoms with van der Waals surface area (Å²) in [5.41, 5.74) is 4.89. The molecular formula is C16H20BFN2O2. The number of hydrogen-bond acceptors (Lipinski definition) is 4. The normalized spacial score (nSPS) is 19.7. The lowest BCUT2D eigenvalue weighted by Crippen LogP contribution is -2.41. The zero-order valence-corrected chi connectivity index (χ0v) is 13.3. The molecule has 1 aromatic heterocycles. The van der Waals surface area contributed by atoms with Crippen molar-refractivity contribution in [1.29, 1.82) is 0 Å². The van der Waals surface area contributed by atoms with Gasteiger partial charge < -0.3 is 15.0 Å². The van der Waals surface area contributed by atoms with E-state index in [0.717, 1.165) is 0 Å². The molecule has 0 saturated carbocycles. The van der Waals surface area contributed by atoms with Crippen LogP contribution in [0.4, 0.5) is 4.39 Å². The summed E-state index contributed by atoms with van der Waals surface area (Å²) < 4.78 is 25.6. The maximum absolute atomic E-state index is 14.3. The van der Waals surface area contributed by atoms with Crippen LogP contribution < -0.4 is 5.73 Å². The first-order valence-corrected chi connectivity index (χ1v) is 7.13. The molecule has 0 spiro atoms. The molecule has 1 aromatic rings. The molecule has 0 atom stereocenters. The molecule has 0 bridgehead atoms. The highest BCUT2D eigenvalue weighted by atomic mass is 19.1. The lowest BCUT2D eigenvalue weighted by molar-refractivity contribution is 0.00578. The van der Waals surface area contributed by atoms with Crippen molar-refractivity contribution in [2.24, 2.45) is 5.73 Å². The monoisotopic (exact) mass is 302 g/mol. The predicted octanol–water partition coefficient (Wildman–Crippen LogP) is 2.33. The van der Waals surface area contributed by atoms with Crippen molar-refractivity contribution in [1.82, 2.24) is 4.98 Å². The van der Waals surface area contributed by atoms with Crippen LogP contribution in [0, 0.1) is 11.8 Å². The lowest BCUT2D eigenvalue weighted by atomic mass is 9.87. The van der Waals surface area contributed by atoms with Crippen LogP contribution in [0.15, 0.2) is 24.1 Å².